The third kappa shape index (κ3) is 6.33. The van der Waals surface area contributed by atoms with Crippen LogP contribution in [0.3, 0.4) is 0 Å². The minimum Gasteiger partial charge on any atom is -0.434 e. The number of ether oxygens (including phenoxy) is 1. The van der Waals surface area contributed by atoms with Crippen molar-refractivity contribution >= 4 is 27.7 Å². The molecule has 0 aliphatic rings. The van der Waals surface area contributed by atoms with E-state index in [-0.39, 0.29) is 17.0 Å². The predicted molar refractivity (Wildman–Crippen MR) is 79.5 cm³/mol. The smallest absolute Gasteiger partial charge is 0.310 e. The molecular weight excluding hydrogens is 310 g/mol. The van der Waals surface area contributed by atoms with Crippen molar-refractivity contribution in [3.63, 3.8) is 0 Å². The molecule has 0 aliphatic heterocycles. The first-order chi connectivity index (χ1) is 10.3. The van der Waals surface area contributed by atoms with Crippen LogP contribution in [0, 0.1) is 0 Å². The van der Waals surface area contributed by atoms with Gasteiger partial charge in [-0.05, 0) is 24.6 Å². The number of carbonyl (C=O) groups is 2. The van der Waals surface area contributed by atoms with Gasteiger partial charge in [-0.3, -0.25) is 14.1 Å². The summed E-state index contributed by atoms with van der Waals surface area (Å²) in [5, 5.41) is 2.36. The molecule has 0 spiro atoms. The van der Waals surface area contributed by atoms with E-state index in [0.29, 0.717) is 6.42 Å². The van der Waals surface area contributed by atoms with Gasteiger partial charge in [-0.1, -0.05) is 12.1 Å². The number of hydrogen-bond acceptors (Lipinski definition) is 5. The summed E-state index contributed by atoms with van der Waals surface area (Å²) in [4.78, 5) is 22.4. The van der Waals surface area contributed by atoms with Crippen LogP contribution in [0.4, 0.5) is 5.69 Å². The largest absolute Gasteiger partial charge is 0.434 e. The monoisotopic (exact) mass is 325 g/mol. The van der Waals surface area contributed by atoms with Crippen molar-refractivity contribution in [1.29, 1.82) is 0 Å². The van der Waals surface area contributed by atoms with Crippen LogP contribution in [-0.2, 0) is 24.4 Å². The lowest BCUT2D eigenvalue weighted by atomic mass is 10.3. The van der Waals surface area contributed by atoms with E-state index < -0.39 is 22.0 Å². The van der Waals surface area contributed by atoms with Gasteiger partial charge in [0.05, 0.1) is 11.2 Å². The summed E-state index contributed by atoms with van der Waals surface area (Å²) in [6.07, 6.45) is 4.12. The van der Waals surface area contributed by atoms with Gasteiger partial charge in [-0.25, -0.2) is 0 Å². The summed E-state index contributed by atoms with van der Waals surface area (Å²) in [6, 6.07) is 5.08. The van der Waals surface area contributed by atoms with Crippen molar-refractivity contribution in [2.75, 3.05) is 5.32 Å². The Labute approximate surface area is 128 Å². The molecule has 0 unspecified atom stereocenters. The zero-order chi connectivity index (χ0) is 16.6. The van der Waals surface area contributed by atoms with Gasteiger partial charge in [0, 0.05) is 18.2 Å². The molecule has 0 heterocycles. The summed E-state index contributed by atoms with van der Waals surface area (Å²) in [5.74, 6) is -1.12. The summed E-state index contributed by atoms with van der Waals surface area (Å²) in [5.41, 5.74) is 0.169. The molecule has 0 bridgehead atoms. The highest BCUT2D eigenvalue weighted by Gasteiger charge is 2.10. The molecule has 2 N–H and O–H groups in total. The number of allylic oxidation sites excluding steroid dienone is 1. The van der Waals surface area contributed by atoms with Gasteiger partial charge in [0.1, 0.15) is 0 Å². The van der Waals surface area contributed by atoms with Crippen LogP contribution >= 0.6 is 0 Å². The molecule has 1 aromatic rings. The molecule has 0 aromatic heterocycles. The first-order valence-corrected chi connectivity index (χ1v) is 7.62. The van der Waals surface area contributed by atoms with E-state index in [1.165, 1.54) is 18.2 Å². The first-order valence-electron chi connectivity index (χ1n) is 6.18. The third-order valence-corrected chi connectivity index (χ3v) is 3.22. The topological polar surface area (TPSA) is 110 Å². The molecule has 0 aliphatic carbocycles. The van der Waals surface area contributed by atoms with E-state index in [2.05, 4.69) is 16.6 Å². The molecule has 0 radical (unpaired) electrons. The van der Waals surface area contributed by atoms with Crippen LogP contribution in [0.1, 0.15) is 12.8 Å². The van der Waals surface area contributed by atoms with Crippen LogP contribution in [0.15, 0.2) is 54.2 Å². The maximum Gasteiger partial charge on any atom is 0.310 e. The summed E-state index contributed by atoms with van der Waals surface area (Å²) in [6.45, 7) is 3.46. The molecule has 0 atom stereocenters. The van der Waals surface area contributed by atoms with Crippen LogP contribution < -0.4 is 5.32 Å². The molecule has 1 aromatic carbocycles. The number of hydrogen-bond donors (Lipinski definition) is 2. The van der Waals surface area contributed by atoms with Crippen molar-refractivity contribution in [3.05, 3.63) is 49.3 Å². The van der Waals surface area contributed by atoms with Gasteiger partial charge in [-0.15, -0.1) is 6.58 Å². The Morgan fingerprint density at radius 2 is 2.09 bits per heavy atom. The maximum absolute atomic E-state index is 11.6. The molecule has 1 rings (SSSR count). The van der Waals surface area contributed by atoms with Crippen molar-refractivity contribution in [2.45, 2.75) is 17.7 Å². The van der Waals surface area contributed by atoms with Crippen LogP contribution in [0.5, 0.6) is 0 Å². The molecule has 8 heteroatoms. The van der Waals surface area contributed by atoms with E-state index in [1.54, 1.807) is 6.08 Å². The number of anilines is 1. The van der Waals surface area contributed by atoms with Gasteiger partial charge in [-0.2, -0.15) is 8.42 Å². The minimum atomic E-state index is -4.34. The van der Waals surface area contributed by atoms with Crippen LogP contribution in [-0.4, -0.2) is 24.8 Å². The molecule has 7 nitrogen and oxygen atoms in total. The summed E-state index contributed by atoms with van der Waals surface area (Å²) >= 11 is 0. The average molecular weight is 325 g/mol. The fourth-order valence-electron chi connectivity index (χ4n) is 1.37. The Kier molecular flexibility index (Phi) is 6.48. The molecular formula is C14H15NO6S. The first kappa shape index (κ1) is 17.6. The summed E-state index contributed by atoms with van der Waals surface area (Å²) in [7, 11) is -4.34. The quantitative estimate of drug-likeness (QED) is 0.260. The average Bonchev–Trinajstić information content (AvgIpc) is 2.44. The fourth-order valence-corrected chi connectivity index (χ4v) is 1.90. The van der Waals surface area contributed by atoms with Crippen molar-refractivity contribution in [1.82, 2.24) is 0 Å². The lowest BCUT2D eigenvalue weighted by Gasteiger charge is -2.03. The van der Waals surface area contributed by atoms with Crippen molar-refractivity contribution < 1.29 is 27.3 Å². The second-order valence-electron chi connectivity index (χ2n) is 4.11. The SMILES string of the molecule is C=CCCC(=O)O/C=C/C(=O)Nc1cccc(S(=O)(=O)O)c1. The lowest BCUT2D eigenvalue weighted by Crippen LogP contribution is -2.09. The van der Waals surface area contributed by atoms with E-state index in [4.69, 9.17) is 4.55 Å². The fraction of sp³-hybridized carbons (Fsp3) is 0.143. The van der Waals surface area contributed by atoms with Gasteiger partial charge in [0.2, 0.25) is 0 Å². The number of nitrogens with one attached hydrogen (secondary N) is 1. The zero-order valence-corrected chi connectivity index (χ0v) is 12.4. The highest BCUT2D eigenvalue weighted by molar-refractivity contribution is 7.85. The highest BCUT2D eigenvalue weighted by atomic mass is 32.2. The zero-order valence-electron chi connectivity index (χ0n) is 11.6. The molecule has 0 saturated heterocycles. The Morgan fingerprint density at radius 1 is 1.36 bits per heavy atom. The molecule has 0 fully saturated rings. The lowest BCUT2D eigenvalue weighted by molar-refractivity contribution is -0.137. The van der Waals surface area contributed by atoms with Gasteiger partial charge in [0.25, 0.3) is 16.0 Å². The molecule has 0 saturated carbocycles. The van der Waals surface area contributed by atoms with Crippen molar-refractivity contribution in [3.8, 4) is 0 Å². The maximum atomic E-state index is 11.6. The highest BCUT2D eigenvalue weighted by Crippen LogP contribution is 2.15. The second kappa shape index (κ2) is 8.11. The van der Waals surface area contributed by atoms with Crippen LogP contribution in [0.25, 0.3) is 0 Å². The van der Waals surface area contributed by atoms with Crippen molar-refractivity contribution in [2.24, 2.45) is 0 Å². The second-order valence-corrected chi connectivity index (χ2v) is 5.53. The van der Waals surface area contributed by atoms with Gasteiger partial charge >= 0.3 is 5.97 Å². The van der Waals surface area contributed by atoms with E-state index in [9.17, 15) is 18.0 Å². The number of amides is 1. The predicted octanol–water partition coefficient (Wildman–Crippen LogP) is 1.89. The van der Waals surface area contributed by atoms with E-state index in [1.807, 2.05) is 0 Å². The third-order valence-electron chi connectivity index (χ3n) is 2.37. The Bertz CT molecular complexity index is 693. The Hall–Kier alpha value is -2.45. The van der Waals surface area contributed by atoms with E-state index >= 15 is 0 Å². The molecule has 118 valence electrons. The Balaban J connectivity index is 2.59. The standard InChI is InChI=1S/C14H15NO6S/c1-2-3-7-14(17)21-9-8-13(16)15-11-5-4-6-12(10-11)22(18,19)20/h2,4-6,8-10H,1,3,7H2,(H,15,16)(H,18,19,20)/b9-8+. The van der Waals surface area contributed by atoms with Crippen LogP contribution in [0.2, 0.25) is 0 Å². The minimum absolute atomic E-state index is 0.159. The van der Waals surface area contributed by atoms with E-state index in [0.717, 1.165) is 18.4 Å². The molecule has 22 heavy (non-hydrogen) atoms. The number of carbonyl (C=O) groups excluding carboxylic acids is 2. The summed E-state index contributed by atoms with van der Waals surface area (Å²) < 4.78 is 35.5. The Morgan fingerprint density at radius 3 is 2.73 bits per heavy atom. The number of rotatable bonds is 7. The molecule has 1 amide bonds. The van der Waals surface area contributed by atoms with Gasteiger partial charge in [0.15, 0.2) is 0 Å². The number of esters is 1. The normalized spacial score (nSPS) is 11.1. The number of benzene rings is 1. The van der Waals surface area contributed by atoms with Gasteiger partial charge < -0.3 is 10.1 Å².